The topological polar surface area (TPSA) is 20.3 Å². The highest BCUT2D eigenvalue weighted by Gasteiger charge is 2.27. The van der Waals surface area contributed by atoms with Crippen LogP contribution in [0.5, 0.6) is 0 Å². The molecule has 3 aromatic carbocycles. The van der Waals surface area contributed by atoms with Crippen molar-refractivity contribution in [3.05, 3.63) is 77.9 Å². The Labute approximate surface area is 117 Å². The van der Waals surface area contributed by atoms with Gasteiger partial charge in [0.1, 0.15) is 0 Å². The van der Waals surface area contributed by atoms with Crippen LogP contribution in [0.15, 0.2) is 66.7 Å². The van der Waals surface area contributed by atoms with Crippen LogP contribution in [0.1, 0.15) is 15.9 Å². The van der Waals surface area contributed by atoms with Gasteiger partial charge in [-0.25, -0.2) is 0 Å². The van der Waals surface area contributed by atoms with E-state index in [1.165, 1.54) is 5.39 Å². The Morgan fingerprint density at radius 1 is 0.800 bits per heavy atom. The molecule has 0 aromatic heterocycles. The highest BCUT2D eigenvalue weighted by atomic mass is 16.2. The average molecular weight is 259 g/mol. The first kappa shape index (κ1) is 11.2. The van der Waals surface area contributed by atoms with Crippen LogP contribution in [-0.4, -0.2) is 5.91 Å². The molecule has 0 atom stereocenters. The molecule has 0 saturated carbocycles. The van der Waals surface area contributed by atoms with Crippen molar-refractivity contribution in [3.8, 4) is 0 Å². The number of amides is 1. The smallest absolute Gasteiger partial charge is 0.258 e. The molecule has 96 valence electrons. The predicted molar refractivity (Wildman–Crippen MR) is 80.9 cm³/mol. The molecular weight excluding hydrogens is 246 g/mol. The summed E-state index contributed by atoms with van der Waals surface area (Å²) < 4.78 is 0. The molecule has 1 aliphatic heterocycles. The SMILES string of the molecule is O=C1c2ccccc2CN1c1ccc2ccccc2c1. The van der Waals surface area contributed by atoms with Gasteiger partial charge >= 0.3 is 0 Å². The molecule has 0 aliphatic carbocycles. The lowest BCUT2D eigenvalue weighted by molar-refractivity contribution is 0.0996. The third-order valence-corrected chi connectivity index (χ3v) is 3.87. The maximum atomic E-state index is 12.5. The van der Waals surface area contributed by atoms with E-state index in [0.29, 0.717) is 6.54 Å². The van der Waals surface area contributed by atoms with Crippen molar-refractivity contribution < 1.29 is 4.79 Å². The molecule has 0 N–H and O–H groups in total. The monoisotopic (exact) mass is 259 g/mol. The quantitative estimate of drug-likeness (QED) is 0.647. The maximum absolute atomic E-state index is 12.5. The molecule has 0 saturated heterocycles. The molecule has 1 heterocycles. The van der Waals surface area contributed by atoms with Crippen LogP contribution in [0.2, 0.25) is 0 Å². The van der Waals surface area contributed by atoms with Crippen molar-refractivity contribution >= 4 is 22.4 Å². The first-order valence-electron chi connectivity index (χ1n) is 6.71. The van der Waals surface area contributed by atoms with Gasteiger partial charge in [-0.2, -0.15) is 0 Å². The van der Waals surface area contributed by atoms with Gasteiger partial charge in [-0.05, 0) is 34.5 Å². The molecule has 4 rings (SSSR count). The maximum Gasteiger partial charge on any atom is 0.258 e. The average Bonchev–Trinajstić information content (AvgIpc) is 2.84. The van der Waals surface area contributed by atoms with Crippen LogP contribution in [0.4, 0.5) is 5.69 Å². The number of benzene rings is 3. The summed E-state index contributed by atoms with van der Waals surface area (Å²) in [5.74, 6) is 0.0934. The number of rotatable bonds is 1. The fraction of sp³-hybridized carbons (Fsp3) is 0.0556. The van der Waals surface area contributed by atoms with Gasteiger partial charge in [0.2, 0.25) is 0 Å². The highest BCUT2D eigenvalue weighted by molar-refractivity contribution is 6.10. The van der Waals surface area contributed by atoms with E-state index in [2.05, 4.69) is 24.3 Å². The molecule has 2 nitrogen and oxygen atoms in total. The summed E-state index contributed by atoms with van der Waals surface area (Å²) in [6.45, 7) is 0.660. The Bertz CT molecular complexity index is 822. The van der Waals surface area contributed by atoms with Gasteiger partial charge in [-0.3, -0.25) is 4.79 Å². The van der Waals surface area contributed by atoms with Gasteiger partial charge in [-0.15, -0.1) is 0 Å². The molecule has 1 aliphatic rings. The van der Waals surface area contributed by atoms with Crippen LogP contribution >= 0.6 is 0 Å². The molecule has 2 heteroatoms. The van der Waals surface area contributed by atoms with Crippen molar-refractivity contribution in [3.63, 3.8) is 0 Å². The molecule has 0 fully saturated rings. The zero-order valence-electron chi connectivity index (χ0n) is 10.9. The Kier molecular flexibility index (Phi) is 2.36. The van der Waals surface area contributed by atoms with E-state index in [1.807, 2.05) is 47.4 Å². The number of hydrogen-bond donors (Lipinski definition) is 0. The predicted octanol–water partition coefficient (Wildman–Crippen LogP) is 4.00. The standard InChI is InChI=1S/C18H13NO/c20-18-17-8-4-3-7-15(17)12-19(18)16-10-9-13-5-1-2-6-14(13)11-16/h1-11H,12H2. The van der Waals surface area contributed by atoms with Gasteiger partial charge < -0.3 is 4.90 Å². The second kappa shape index (κ2) is 4.20. The van der Waals surface area contributed by atoms with E-state index in [9.17, 15) is 4.79 Å². The van der Waals surface area contributed by atoms with E-state index in [1.54, 1.807) is 0 Å². The molecule has 0 bridgehead atoms. The van der Waals surface area contributed by atoms with Crippen LogP contribution in [0.3, 0.4) is 0 Å². The molecule has 0 unspecified atom stereocenters. The zero-order valence-corrected chi connectivity index (χ0v) is 10.9. The van der Waals surface area contributed by atoms with E-state index in [4.69, 9.17) is 0 Å². The number of carbonyl (C=O) groups is 1. The Hall–Kier alpha value is -2.61. The molecule has 0 radical (unpaired) electrons. The van der Waals surface area contributed by atoms with Gasteiger partial charge in [0.25, 0.3) is 5.91 Å². The van der Waals surface area contributed by atoms with E-state index in [0.717, 1.165) is 22.2 Å². The number of fused-ring (bicyclic) bond motifs is 2. The Morgan fingerprint density at radius 2 is 1.55 bits per heavy atom. The third-order valence-electron chi connectivity index (χ3n) is 3.87. The lowest BCUT2D eigenvalue weighted by Gasteiger charge is -2.16. The summed E-state index contributed by atoms with van der Waals surface area (Å²) in [6, 6.07) is 22.2. The minimum absolute atomic E-state index is 0.0934. The van der Waals surface area contributed by atoms with Crippen LogP contribution in [0, 0.1) is 0 Å². The summed E-state index contributed by atoms with van der Waals surface area (Å²) in [4.78, 5) is 14.3. The summed E-state index contributed by atoms with van der Waals surface area (Å²) in [5, 5.41) is 2.36. The molecule has 3 aromatic rings. The van der Waals surface area contributed by atoms with Crippen molar-refractivity contribution in [1.29, 1.82) is 0 Å². The molecule has 0 spiro atoms. The van der Waals surface area contributed by atoms with Gasteiger partial charge in [-0.1, -0.05) is 48.5 Å². The minimum atomic E-state index is 0.0934. The molecule has 20 heavy (non-hydrogen) atoms. The van der Waals surface area contributed by atoms with Crippen LogP contribution in [-0.2, 0) is 6.54 Å². The fourth-order valence-electron chi connectivity index (χ4n) is 2.81. The van der Waals surface area contributed by atoms with Gasteiger partial charge in [0.05, 0.1) is 6.54 Å². The third kappa shape index (κ3) is 1.62. The first-order valence-corrected chi connectivity index (χ1v) is 6.71. The van der Waals surface area contributed by atoms with Crippen molar-refractivity contribution in [2.45, 2.75) is 6.54 Å². The van der Waals surface area contributed by atoms with Gasteiger partial charge in [0.15, 0.2) is 0 Å². The summed E-state index contributed by atoms with van der Waals surface area (Å²) >= 11 is 0. The number of hydrogen-bond acceptors (Lipinski definition) is 1. The largest absolute Gasteiger partial charge is 0.304 e. The van der Waals surface area contributed by atoms with Gasteiger partial charge in [0, 0.05) is 11.3 Å². The summed E-state index contributed by atoms with van der Waals surface area (Å²) in [6.07, 6.45) is 0. The van der Waals surface area contributed by atoms with E-state index >= 15 is 0 Å². The van der Waals surface area contributed by atoms with Crippen LogP contribution < -0.4 is 4.90 Å². The molecular formula is C18H13NO. The summed E-state index contributed by atoms with van der Waals surface area (Å²) in [7, 11) is 0. The second-order valence-electron chi connectivity index (χ2n) is 5.08. The number of carbonyl (C=O) groups excluding carboxylic acids is 1. The van der Waals surface area contributed by atoms with Crippen molar-refractivity contribution in [2.75, 3.05) is 4.90 Å². The van der Waals surface area contributed by atoms with E-state index < -0.39 is 0 Å². The van der Waals surface area contributed by atoms with Crippen molar-refractivity contribution in [1.82, 2.24) is 0 Å². The Morgan fingerprint density at radius 3 is 2.40 bits per heavy atom. The fourth-order valence-corrected chi connectivity index (χ4v) is 2.81. The van der Waals surface area contributed by atoms with Crippen molar-refractivity contribution in [2.24, 2.45) is 0 Å². The summed E-state index contributed by atoms with van der Waals surface area (Å²) in [5.41, 5.74) is 2.89. The zero-order chi connectivity index (χ0) is 13.5. The first-order chi connectivity index (χ1) is 9.83. The highest BCUT2D eigenvalue weighted by Crippen LogP contribution is 2.30. The minimum Gasteiger partial charge on any atom is -0.304 e. The molecule has 1 amide bonds. The Balaban J connectivity index is 1.80. The second-order valence-corrected chi connectivity index (χ2v) is 5.08. The number of anilines is 1. The number of nitrogens with zero attached hydrogens (tertiary/aromatic N) is 1. The van der Waals surface area contributed by atoms with E-state index in [-0.39, 0.29) is 5.91 Å². The normalized spacial score (nSPS) is 13.8. The lowest BCUT2D eigenvalue weighted by atomic mass is 10.1. The van der Waals surface area contributed by atoms with Crippen LogP contribution in [0.25, 0.3) is 10.8 Å². The lowest BCUT2D eigenvalue weighted by Crippen LogP contribution is -2.22.